The highest BCUT2D eigenvalue weighted by Crippen LogP contribution is 2.23. The fourth-order valence-electron chi connectivity index (χ4n) is 3.21. The maximum atomic E-state index is 12.6. The van der Waals surface area contributed by atoms with E-state index in [2.05, 4.69) is 24.0 Å². The second kappa shape index (κ2) is 8.30. The van der Waals surface area contributed by atoms with Gasteiger partial charge in [-0.15, -0.1) is 0 Å². The molecule has 1 aliphatic rings. The van der Waals surface area contributed by atoms with Crippen molar-refractivity contribution >= 4 is 5.91 Å². The summed E-state index contributed by atoms with van der Waals surface area (Å²) in [7, 11) is 1.89. The normalized spacial score (nSPS) is 20.0. The molecule has 0 aliphatic carbocycles. The van der Waals surface area contributed by atoms with Crippen LogP contribution in [0.5, 0.6) is 0 Å². The van der Waals surface area contributed by atoms with Crippen molar-refractivity contribution in [2.45, 2.75) is 44.7 Å². The molecule has 4 heteroatoms. The molecule has 1 saturated heterocycles. The van der Waals surface area contributed by atoms with Gasteiger partial charge in [0.25, 0.3) is 0 Å². The van der Waals surface area contributed by atoms with E-state index < -0.39 is 0 Å². The quantitative estimate of drug-likeness (QED) is 0.841. The van der Waals surface area contributed by atoms with Gasteiger partial charge in [0.1, 0.15) is 0 Å². The molecule has 1 aromatic rings. The highest BCUT2D eigenvalue weighted by atomic mass is 16.3. The largest absolute Gasteiger partial charge is 0.396 e. The molecule has 1 aromatic carbocycles. The van der Waals surface area contributed by atoms with Crippen LogP contribution in [0.1, 0.15) is 44.2 Å². The number of nitrogens with zero attached hydrogens (tertiary/aromatic N) is 2. The number of likely N-dealkylation sites (N-methyl/N-ethyl adjacent to an activating group) is 1. The molecule has 4 nitrogen and oxygen atoms in total. The first kappa shape index (κ1) is 17.0. The minimum Gasteiger partial charge on any atom is -0.396 e. The summed E-state index contributed by atoms with van der Waals surface area (Å²) in [5.41, 5.74) is 1.16. The zero-order valence-corrected chi connectivity index (χ0v) is 13.7. The van der Waals surface area contributed by atoms with Crippen molar-refractivity contribution in [3.63, 3.8) is 0 Å². The molecule has 0 saturated carbocycles. The predicted octanol–water partition coefficient (Wildman–Crippen LogP) is 2.44. The minimum atomic E-state index is 0.0900. The highest BCUT2D eigenvalue weighted by molar-refractivity contribution is 5.78. The zero-order chi connectivity index (χ0) is 15.9. The van der Waals surface area contributed by atoms with Crippen LogP contribution < -0.4 is 0 Å². The number of likely N-dealkylation sites (tertiary alicyclic amines) is 1. The third-order valence-electron chi connectivity index (χ3n) is 4.79. The van der Waals surface area contributed by atoms with E-state index in [9.17, 15) is 4.79 Å². The summed E-state index contributed by atoms with van der Waals surface area (Å²) >= 11 is 0. The molecule has 2 unspecified atom stereocenters. The Morgan fingerprint density at radius 2 is 2.14 bits per heavy atom. The van der Waals surface area contributed by atoms with E-state index in [0.29, 0.717) is 12.6 Å². The van der Waals surface area contributed by atoms with Crippen molar-refractivity contribution < 1.29 is 9.90 Å². The van der Waals surface area contributed by atoms with Crippen molar-refractivity contribution in [1.29, 1.82) is 0 Å². The van der Waals surface area contributed by atoms with Crippen molar-refractivity contribution in [2.75, 3.05) is 26.7 Å². The second-order valence-corrected chi connectivity index (χ2v) is 6.22. The fourth-order valence-corrected chi connectivity index (χ4v) is 3.21. The van der Waals surface area contributed by atoms with Gasteiger partial charge in [-0.2, -0.15) is 0 Å². The second-order valence-electron chi connectivity index (χ2n) is 6.22. The fraction of sp³-hybridized carbons (Fsp3) is 0.611. The Morgan fingerprint density at radius 3 is 2.82 bits per heavy atom. The number of benzene rings is 1. The van der Waals surface area contributed by atoms with Gasteiger partial charge in [0.15, 0.2) is 0 Å². The van der Waals surface area contributed by atoms with Gasteiger partial charge in [-0.25, -0.2) is 0 Å². The number of hydrogen-bond donors (Lipinski definition) is 1. The molecule has 122 valence electrons. The first-order valence-electron chi connectivity index (χ1n) is 8.29. The van der Waals surface area contributed by atoms with E-state index in [1.165, 1.54) is 0 Å². The van der Waals surface area contributed by atoms with E-state index in [1.54, 1.807) is 0 Å². The van der Waals surface area contributed by atoms with Crippen molar-refractivity contribution in [3.05, 3.63) is 35.9 Å². The Bertz CT molecular complexity index is 463. The van der Waals surface area contributed by atoms with Gasteiger partial charge < -0.3 is 10.0 Å². The third-order valence-corrected chi connectivity index (χ3v) is 4.79. The number of hydrogen-bond acceptors (Lipinski definition) is 3. The van der Waals surface area contributed by atoms with Crippen LogP contribution in [0.15, 0.2) is 30.3 Å². The molecule has 0 spiro atoms. The van der Waals surface area contributed by atoms with Crippen LogP contribution in [-0.4, -0.2) is 53.6 Å². The molecule has 22 heavy (non-hydrogen) atoms. The van der Waals surface area contributed by atoms with Gasteiger partial charge in [0.05, 0.1) is 12.6 Å². The maximum Gasteiger partial charge on any atom is 0.237 e. The number of carbonyl (C=O) groups is 1. The lowest BCUT2D eigenvalue weighted by molar-refractivity contribution is -0.133. The molecule has 2 rings (SSSR count). The maximum absolute atomic E-state index is 12.6. The van der Waals surface area contributed by atoms with Gasteiger partial charge in [-0.1, -0.05) is 30.3 Å². The van der Waals surface area contributed by atoms with E-state index in [0.717, 1.165) is 37.8 Å². The Hall–Kier alpha value is -1.39. The van der Waals surface area contributed by atoms with Crippen LogP contribution in [0.25, 0.3) is 0 Å². The summed E-state index contributed by atoms with van der Waals surface area (Å²) in [5, 5.41) is 8.99. The van der Waals surface area contributed by atoms with E-state index in [-0.39, 0.29) is 18.6 Å². The van der Waals surface area contributed by atoms with Gasteiger partial charge in [-0.3, -0.25) is 9.69 Å². The zero-order valence-electron chi connectivity index (χ0n) is 13.7. The van der Waals surface area contributed by atoms with Crippen molar-refractivity contribution in [1.82, 2.24) is 9.80 Å². The lowest BCUT2D eigenvalue weighted by Gasteiger charge is -2.30. The molecule has 1 heterocycles. The molecule has 1 fully saturated rings. The van der Waals surface area contributed by atoms with Crippen LogP contribution in [-0.2, 0) is 4.79 Å². The molecule has 0 radical (unpaired) electrons. The predicted molar refractivity (Wildman–Crippen MR) is 88.5 cm³/mol. The molecule has 1 aliphatic heterocycles. The lowest BCUT2D eigenvalue weighted by Crippen LogP contribution is -2.41. The average molecular weight is 304 g/mol. The number of carbonyl (C=O) groups excluding carboxylic acids is 1. The van der Waals surface area contributed by atoms with Crippen LogP contribution in [0.4, 0.5) is 0 Å². The summed E-state index contributed by atoms with van der Waals surface area (Å²) in [6.45, 7) is 3.79. The van der Waals surface area contributed by atoms with Crippen LogP contribution in [0.3, 0.4) is 0 Å². The summed E-state index contributed by atoms with van der Waals surface area (Å²) in [6.07, 6.45) is 4.11. The lowest BCUT2D eigenvalue weighted by atomic mass is 10.1. The Kier molecular flexibility index (Phi) is 6.40. The topological polar surface area (TPSA) is 43.8 Å². The molecule has 2 atom stereocenters. The number of rotatable bonds is 7. The number of aliphatic hydroxyl groups excluding tert-OH is 1. The third kappa shape index (κ3) is 4.31. The summed E-state index contributed by atoms with van der Waals surface area (Å²) in [6, 6.07) is 10.7. The molecule has 1 N–H and O–H groups in total. The highest BCUT2D eigenvalue weighted by Gasteiger charge is 2.27. The number of aliphatic hydroxyl groups is 1. The summed E-state index contributed by atoms with van der Waals surface area (Å²) < 4.78 is 0. The first-order valence-corrected chi connectivity index (χ1v) is 8.29. The standard InChI is InChI=1S/C18H28N2O2/c1-15(16-8-4-3-5-9-16)19(2)18(22)14-20-12-6-10-17(20)11-7-13-21/h3-5,8-9,15,17,21H,6-7,10-14H2,1-2H3. The van der Waals surface area contributed by atoms with E-state index in [4.69, 9.17) is 5.11 Å². The van der Waals surface area contributed by atoms with Crippen molar-refractivity contribution in [2.24, 2.45) is 0 Å². The number of amides is 1. The van der Waals surface area contributed by atoms with Gasteiger partial charge in [-0.05, 0) is 44.7 Å². The van der Waals surface area contributed by atoms with Crippen molar-refractivity contribution in [3.8, 4) is 0 Å². The summed E-state index contributed by atoms with van der Waals surface area (Å²) in [5.74, 6) is 0.173. The van der Waals surface area contributed by atoms with Gasteiger partial charge in [0, 0.05) is 19.7 Å². The molecule has 0 aromatic heterocycles. The van der Waals surface area contributed by atoms with Crippen LogP contribution in [0, 0.1) is 0 Å². The monoisotopic (exact) mass is 304 g/mol. The first-order chi connectivity index (χ1) is 10.6. The Morgan fingerprint density at radius 1 is 1.41 bits per heavy atom. The molecular formula is C18H28N2O2. The smallest absolute Gasteiger partial charge is 0.237 e. The molecular weight excluding hydrogens is 276 g/mol. The van der Waals surface area contributed by atoms with Gasteiger partial charge >= 0.3 is 0 Å². The average Bonchev–Trinajstić information content (AvgIpc) is 2.99. The molecule has 0 bridgehead atoms. The molecule has 1 amide bonds. The SMILES string of the molecule is CC(c1ccccc1)N(C)C(=O)CN1CCCC1CCCO. The summed E-state index contributed by atoms with van der Waals surface area (Å²) in [4.78, 5) is 16.7. The minimum absolute atomic E-state index is 0.0900. The van der Waals surface area contributed by atoms with E-state index in [1.807, 2.05) is 30.1 Å². The van der Waals surface area contributed by atoms with E-state index >= 15 is 0 Å². The Balaban J connectivity index is 1.90. The van der Waals surface area contributed by atoms with Crippen LogP contribution in [0.2, 0.25) is 0 Å². The Labute approximate surface area is 133 Å². The van der Waals surface area contributed by atoms with Gasteiger partial charge in [0.2, 0.25) is 5.91 Å². The van der Waals surface area contributed by atoms with Crippen LogP contribution >= 0.6 is 0 Å².